The van der Waals surface area contributed by atoms with Crippen LogP contribution in [0.25, 0.3) is 0 Å². The molecule has 3 aliphatic heterocycles. The highest BCUT2D eigenvalue weighted by molar-refractivity contribution is 8.00. The fourth-order valence-electron chi connectivity index (χ4n) is 6.80. The minimum Gasteiger partial charge on any atom is -1.00 e. The van der Waals surface area contributed by atoms with E-state index in [0.29, 0.717) is 29.5 Å². The topological polar surface area (TPSA) is 59.2 Å². The summed E-state index contributed by atoms with van der Waals surface area (Å²) in [5, 5.41) is 21.5. The average molecular weight is 544 g/mol. The van der Waals surface area contributed by atoms with Crippen LogP contribution < -0.4 is 12.4 Å². The van der Waals surface area contributed by atoms with Gasteiger partial charge in [0.05, 0.1) is 24.9 Å². The van der Waals surface area contributed by atoms with E-state index < -0.39 is 5.60 Å². The molecule has 8 heteroatoms. The standard InChI is InChI=1S/C29H35FN3O2S.ClH/c30-24-12-7-13-25(18-24)36-26-19-33(16-14-21(26)15-17-33)20-27-31-32-28(35-27)29(34,22-8-3-1-4-9-22)23-10-5-2-6-11-23;/h1,3-4,7-9,12-13,18,21,23,26,34H,2,5-6,10-11,14-17,19-20H2;1H/q+1;/p-1/t21?,26-,29-,33?;/m0./s1. The summed E-state index contributed by atoms with van der Waals surface area (Å²) in [4.78, 5) is 1.01. The number of rotatable bonds is 7. The van der Waals surface area contributed by atoms with Crippen molar-refractivity contribution >= 4 is 11.8 Å². The number of aliphatic hydroxyl groups is 1. The molecule has 0 spiro atoms. The molecule has 3 saturated heterocycles. The molecule has 37 heavy (non-hydrogen) atoms. The first-order valence-corrected chi connectivity index (χ1v) is 14.3. The van der Waals surface area contributed by atoms with Gasteiger partial charge in [-0.15, -0.1) is 22.0 Å². The van der Waals surface area contributed by atoms with Crippen molar-refractivity contribution in [1.29, 1.82) is 0 Å². The Labute approximate surface area is 228 Å². The number of thioether (sulfide) groups is 1. The molecule has 5 nitrogen and oxygen atoms in total. The molecule has 198 valence electrons. The van der Waals surface area contributed by atoms with Gasteiger partial charge in [0.25, 0.3) is 11.8 Å². The van der Waals surface area contributed by atoms with Gasteiger partial charge >= 0.3 is 0 Å². The van der Waals surface area contributed by atoms with Crippen molar-refractivity contribution in [1.82, 2.24) is 10.2 Å². The highest BCUT2D eigenvalue weighted by atomic mass is 35.5. The van der Waals surface area contributed by atoms with Crippen LogP contribution in [0.15, 0.2) is 63.9 Å². The minimum absolute atomic E-state index is 0. The van der Waals surface area contributed by atoms with Crippen LogP contribution in [0.2, 0.25) is 0 Å². The van der Waals surface area contributed by atoms with E-state index in [1.54, 1.807) is 12.1 Å². The summed E-state index contributed by atoms with van der Waals surface area (Å²) >= 11 is 1.81. The van der Waals surface area contributed by atoms with Crippen LogP contribution in [0.5, 0.6) is 0 Å². The molecule has 7 rings (SSSR count). The zero-order chi connectivity index (χ0) is 24.6. The molecule has 2 bridgehead atoms. The average Bonchev–Trinajstić information content (AvgIpc) is 3.38. The van der Waals surface area contributed by atoms with E-state index in [4.69, 9.17) is 4.42 Å². The lowest BCUT2D eigenvalue weighted by atomic mass is 9.73. The first kappa shape index (κ1) is 26.7. The molecule has 4 aliphatic rings. The van der Waals surface area contributed by atoms with Gasteiger partial charge in [0.2, 0.25) is 0 Å². The fourth-order valence-corrected chi connectivity index (χ4v) is 8.34. The molecular weight excluding hydrogens is 509 g/mol. The Morgan fingerprint density at radius 1 is 0.973 bits per heavy atom. The predicted molar refractivity (Wildman–Crippen MR) is 138 cm³/mol. The maximum atomic E-state index is 13.8. The smallest absolute Gasteiger partial charge is 0.271 e. The second-order valence-electron chi connectivity index (χ2n) is 11.0. The van der Waals surface area contributed by atoms with E-state index in [1.165, 1.54) is 25.3 Å². The highest BCUT2D eigenvalue weighted by Crippen LogP contribution is 2.45. The van der Waals surface area contributed by atoms with Crippen molar-refractivity contribution in [3.63, 3.8) is 0 Å². The van der Waals surface area contributed by atoms with Crippen molar-refractivity contribution in [2.75, 3.05) is 19.6 Å². The number of quaternary nitrogens is 1. The lowest BCUT2D eigenvalue weighted by Gasteiger charge is -2.51. The third-order valence-electron chi connectivity index (χ3n) is 8.80. The van der Waals surface area contributed by atoms with Crippen LogP contribution in [-0.4, -0.2) is 44.7 Å². The summed E-state index contributed by atoms with van der Waals surface area (Å²) < 4.78 is 21.0. The van der Waals surface area contributed by atoms with Gasteiger partial charge in [-0.05, 0) is 42.5 Å². The molecule has 1 aromatic heterocycles. The molecule has 0 unspecified atom stereocenters. The Balaban J connectivity index is 0.00000280. The normalized spacial score (nSPS) is 27.4. The van der Waals surface area contributed by atoms with E-state index in [2.05, 4.69) is 10.2 Å². The molecule has 0 amide bonds. The SMILES string of the molecule is O[C@](c1ccccc1)(c1nnc(C[N+]23CCC(CC2)[C@@H](Sc2cccc(F)c2)C3)o1)C1CCCCC1.[Cl-]. The molecular formula is C29H35ClFN3O2S. The lowest BCUT2D eigenvalue weighted by Crippen LogP contribution is -3.00. The first-order chi connectivity index (χ1) is 17.5. The Morgan fingerprint density at radius 2 is 1.73 bits per heavy atom. The fraction of sp³-hybridized carbons (Fsp3) is 0.517. The Hall–Kier alpha value is -1.93. The highest BCUT2D eigenvalue weighted by Gasteiger charge is 2.48. The number of hydrogen-bond donors (Lipinski definition) is 1. The Bertz CT molecular complexity index is 1180. The van der Waals surface area contributed by atoms with Crippen molar-refractivity contribution in [2.24, 2.45) is 11.8 Å². The molecule has 4 heterocycles. The van der Waals surface area contributed by atoms with Crippen molar-refractivity contribution < 1.29 is 30.8 Å². The van der Waals surface area contributed by atoms with E-state index >= 15 is 0 Å². The first-order valence-electron chi connectivity index (χ1n) is 13.4. The number of fused-ring (bicyclic) bond motifs is 3. The van der Waals surface area contributed by atoms with Gasteiger partial charge in [-0.1, -0.05) is 55.7 Å². The van der Waals surface area contributed by atoms with Crippen LogP contribution in [0.4, 0.5) is 4.39 Å². The quantitative estimate of drug-likeness (QED) is 0.464. The van der Waals surface area contributed by atoms with Gasteiger partial charge in [-0.25, -0.2) is 4.39 Å². The van der Waals surface area contributed by atoms with Crippen LogP contribution in [-0.2, 0) is 12.1 Å². The molecule has 0 radical (unpaired) electrons. The third-order valence-corrected chi connectivity index (χ3v) is 10.2. The largest absolute Gasteiger partial charge is 1.00 e. The second kappa shape index (κ2) is 11.0. The predicted octanol–water partition coefficient (Wildman–Crippen LogP) is 2.93. The number of aromatic nitrogens is 2. The summed E-state index contributed by atoms with van der Waals surface area (Å²) in [5.41, 5.74) is -0.415. The summed E-state index contributed by atoms with van der Waals surface area (Å²) in [6.07, 6.45) is 7.71. The van der Waals surface area contributed by atoms with Crippen molar-refractivity contribution in [2.45, 2.75) is 67.2 Å². The van der Waals surface area contributed by atoms with Crippen LogP contribution in [0.1, 0.15) is 62.3 Å². The molecule has 1 saturated carbocycles. The van der Waals surface area contributed by atoms with Gasteiger partial charge < -0.3 is 26.4 Å². The third kappa shape index (κ3) is 5.33. The van der Waals surface area contributed by atoms with Gasteiger partial charge in [-0.2, -0.15) is 0 Å². The summed E-state index contributed by atoms with van der Waals surface area (Å²) in [7, 11) is 0. The lowest BCUT2D eigenvalue weighted by molar-refractivity contribution is -0.955. The maximum absolute atomic E-state index is 13.8. The number of hydrogen-bond acceptors (Lipinski definition) is 5. The molecule has 3 aromatic rings. The zero-order valence-corrected chi connectivity index (χ0v) is 22.6. The second-order valence-corrected chi connectivity index (χ2v) is 12.4. The van der Waals surface area contributed by atoms with E-state index in [-0.39, 0.29) is 24.1 Å². The van der Waals surface area contributed by atoms with E-state index in [0.717, 1.165) is 60.3 Å². The Kier molecular flexibility index (Phi) is 7.96. The van der Waals surface area contributed by atoms with Gasteiger partial charge in [0.15, 0.2) is 12.1 Å². The summed E-state index contributed by atoms with van der Waals surface area (Å²) in [6, 6.07) is 16.8. The van der Waals surface area contributed by atoms with Crippen LogP contribution in [0, 0.1) is 17.7 Å². The number of halogens is 2. The zero-order valence-electron chi connectivity index (χ0n) is 21.1. The molecule has 1 aliphatic carbocycles. The van der Waals surface area contributed by atoms with E-state index in [1.807, 2.05) is 48.2 Å². The van der Waals surface area contributed by atoms with Crippen molar-refractivity contribution in [3.05, 3.63) is 77.8 Å². The van der Waals surface area contributed by atoms with Crippen molar-refractivity contribution in [3.8, 4) is 0 Å². The molecule has 4 fully saturated rings. The number of piperidine rings is 3. The number of benzene rings is 2. The Morgan fingerprint density at radius 3 is 2.46 bits per heavy atom. The molecule has 1 N–H and O–H groups in total. The summed E-state index contributed by atoms with van der Waals surface area (Å²) in [5.74, 6) is 1.53. The van der Waals surface area contributed by atoms with Gasteiger partial charge in [0.1, 0.15) is 5.82 Å². The van der Waals surface area contributed by atoms with Crippen LogP contribution in [0.3, 0.4) is 0 Å². The minimum atomic E-state index is -1.25. The van der Waals surface area contributed by atoms with Crippen LogP contribution >= 0.6 is 11.8 Å². The maximum Gasteiger partial charge on any atom is 0.271 e. The van der Waals surface area contributed by atoms with Gasteiger partial charge in [0, 0.05) is 23.7 Å². The summed E-state index contributed by atoms with van der Waals surface area (Å²) in [6.45, 7) is 3.92. The molecule has 2 atom stereocenters. The number of nitrogens with zero attached hydrogens (tertiary/aromatic N) is 3. The monoisotopic (exact) mass is 543 g/mol. The molecule has 2 aromatic carbocycles. The van der Waals surface area contributed by atoms with E-state index in [9.17, 15) is 9.50 Å². The van der Waals surface area contributed by atoms with Gasteiger partial charge in [-0.3, -0.25) is 0 Å².